The van der Waals surface area contributed by atoms with Crippen LogP contribution in [0, 0.1) is 6.92 Å². The topological polar surface area (TPSA) is 91.4 Å². The van der Waals surface area contributed by atoms with Gasteiger partial charge in [-0.1, -0.05) is 5.16 Å². The monoisotopic (exact) mass is 320 g/mol. The summed E-state index contributed by atoms with van der Waals surface area (Å²) >= 11 is 0. The molecular weight excluding hydrogens is 300 g/mol. The standard InChI is InChI=1S/C15H20N4O4/c1-10-7-12(18-23-10)15(20)16-8-13-14-11(3-5-22-13)9-19(17-14)4-6-21-2/h7,9,13H,3-6,8H2,1-2H3,(H,16,20)/t13-/m0/s1. The van der Waals surface area contributed by atoms with Crippen molar-refractivity contribution < 1.29 is 18.8 Å². The van der Waals surface area contributed by atoms with Gasteiger partial charge in [-0.05, 0) is 18.9 Å². The van der Waals surface area contributed by atoms with Gasteiger partial charge in [0.15, 0.2) is 5.69 Å². The Bertz CT molecular complexity index is 679. The summed E-state index contributed by atoms with van der Waals surface area (Å²) in [5.41, 5.74) is 2.30. The number of nitrogens with zero attached hydrogens (tertiary/aromatic N) is 3. The van der Waals surface area contributed by atoms with Crippen molar-refractivity contribution >= 4 is 5.91 Å². The summed E-state index contributed by atoms with van der Waals surface area (Å²) in [5.74, 6) is 0.319. The zero-order chi connectivity index (χ0) is 16.2. The molecule has 0 radical (unpaired) electrons. The van der Waals surface area contributed by atoms with Gasteiger partial charge in [0.25, 0.3) is 5.91 Å². The molecular formula is C15H20N4O4. The van der Waals surface area contributed by atoms with Gasteiger partial charge in [0.1, 0.15) is 11.9 Å². The van der Waals surface area contributed by atoms with Crippen LogP contribution in [0.3, 0.4) is 0 Å². The molecule has 124 valence electrons. The van der Waals surface area contributed by atoms with E-state index in [4.69, 9.17) is 14.0 Å². The molecule has 1 aliphatic rings. The van der Waals surface area contributed by atoms with E-state index in [0.29, 0.717) is 32.1 Å². The number of amides is 1. The third-order valence-electron chi connectivity index (χ3n) is 3.70. The summed E-state index contributed by atoms with van der Waals surface area (Å²) in [5, 5.41) is 11.1. The van der Waals surface area contributed by atoms with Crippen molar-refractivity contribution in [1.82, 2.24) is 20.3 Å². The quantitative estimate of drug-likeness (QED) is 0.849. The normalized spacial score (nSPS) is 17.0. The van der Waals surface area contributed by atoms with Crippen molar-refractivity contribution in [2.45, 2.75) is 26.0 Å². The van der Waals surface area contributed by atoms with Crippen molar-refractivity contribution in [3.05, 3.63) is 35.0 Å². The average molecular weight is 320 g/mol. The minimum Gasteiger partial charge on any atom is -0.383 e. The molecule has 0 unspecified atom stereocenters. The number of methoxy groups -OCH3 is 1. The summed E-state index contributed by atoms with van der Waals surface area (Å²) < 4.78 is 17.6. The number of nitrogens with one attached hydrogen (secondary N) is 1. The molecule has 8 nitrogen and oxygen atoms in total. The maximum absolute atomic E-state index is 12.0. The lowest BCUT2D eigenvalue weighted by molar-refractivity contribution is 0.0381. The Labute approximate surface area is 133 Å². The van der Waals surface area contributed by atoms with E-state index in [1.807, 2.05) is 10.9 Å². The van der Waals surface area contributed by atoms with Crippen LogP contribution in [0.4, 0.5) is 0 Å². The first-order valence-corrected chi connectivity index (χ1v) is 7.55. The number of hydrogen-bond acceptors (Lipinski definition) is 6. The predicted molar refractivity (Wildman–Crippen MR) is 80.1 cm³/mol. The summed E-state index contributed by atoms with van der Waals surface area (Å²) in [6.45, 7) is 4.01. The number of ether oxygens (including phenoxy) is 2. The van der Waals surface area contributed by atoms with E-state index in [1.165, 1.54) is 0 Å². The van der Waals surface area contributed by atoms with Gasteiger partial charge >= 0.3 is 0 Å². The van der Waals surface area contributed by atoms with Crippen molar-refractivity contribution in [1.29, 1.82) is 0 Å². The maximum atomic E-state index is 12.0. The van der Waals surface area contributed by atoms with Crippen LogP contribution in [-0.4, -0.2) is 47.7 Å². The molecule has 1 N–H and O–H groups in total. The minimum atomic E-state index is -0.281. The van der Waals surface area contributed by atoms with Crippen LogP contribution < -0.4 is 5.32 Å². The highest BCUT2D eigenvalue weighted by Gasteiger charge is 2.25. The molecule has 0 aromatic carbocycles. The molecule has 2 aromatic rings. The van der Waals surface area contributed by atoms with E-state index in [0.717, 1.165) is 17.7 Å². The molecule has 2 aromatic heterocycles. The maximum Gasteiger partial charge on any atom is 0.273 e. The van der Waals surface area contributed by atoms with Crippen LogP contribution in [0.2, 0.25) is 0 Å². The molecule has 0 bridgehead atoms. The van der Waals surface area contributed by atoms with E-state index in [1.54, 1.807) is 20.1 Å². The van der Waals surface area contributed by atoms with Gasteiger partial charge in [0.2, 0.25) is 0 Å². The van der Waals surface area contributed by atoms with Gasteiger partial charge in [-0.2, -0.15) is 5.10 Å². The summed E-state index contributed by atoms with van der Waals surface area (Å²) in [7, 11) is 1.66. The SMILES string of the molecule is COCCn1cc2c(n1)[C@H](CNC(=O)c1cc(C)on1)OCC2. The molecule has 3 heterocycles. The molecule has 23 heavy (non-hydrogen) atoms. The predicted octanol–water partition coefficient (Wildman–Crippen LogP) is 0.870. The number of hydrogen-bond donors (Lipinski definition) is 1. The van der Waals surface area contributed by atoms with Gasteiger partial charge in [0, 0.05) is 25.9 Å². The number of fused-ring (bicyclic) bond motifs is 1. The number of carbonyl (C=O) groups is 1. The largest absolute Gasteiger partial charge is 0.383 e. The lowest BCUT2D eigenvalue weighted by Gasteiger charge is -2.21. The van der Waals surface area contributed by atoms with Crippen LogP contribution in [-0.2, 0) is 22.4 Å². The lowest BCUT2D eigenvalue weighted by atomic mass is 10.1. The number of carbonyl (C=O) groups excluding carboxylic acids is 1. The van der Waals surface area contributed by atoms with E-state index in [-0.39, 0.29) is 17.7 Å². The fraction of sp³-hybridized carbons (Fsp3) is 0.533. The third-order valence-corrected chi connectivity index (χ3v) is 3.70. The summed E-state index contributed by atoms with van der Waals surface area (Å²) in [6.07, 6.45) is 2.60. The molecule has 1 aliphatic heterocycles. The Morgan fingerprint density at radius 2 is 2.43 bits per heavy atom. The lowest BCUT2D eigenvalue weighted by Crippen LogP contribution is -2.32. The fourth-order valence-corrected chi connectivity index (χ4v) is 2.54. The smallest absolute Gasteiger partial charge is 0.273 e. The van der Waals surface area contributed by atoms with E-state index in [9.17, 15) is 4.79 Å². The molecule has 0 aliphatic carbocycles. The van der Waals surface area contributed by atoms with Crippen LogP contribution >= 0.6 is 0 Å². The van der Waals surface area contributed by atoms with Gasteiger partial charge in [-0.15, -0.1) is 0 Å². The highest BCUT2D eigenvalue weighted by atomic mass is 16.5. The first-order chi connectivity index (χ1) is 11.2. The molecule has 0 saturated carbocycles. The second-order valence-corrected chi connectivity index (χ2v) is 5.44. The highest BCUT2D eigenvalue weighted by molar-refractivity contribution is 5.92. The second kappa shape index (κ2) is 6.93. The van der Waals surface area contributed by atoms with Crippen LogP contribution in [0.1, 0.15) is 33.6 Å². The van der Waals surface area contributed by atoms with Crippen molar-refractivity contribution in [2.24, 2.45) is 0 Å². The second-order valence-electron chi connectivity index (χ2n) is 5.44. The Balaban J connectivity index is 1.63. The van der Waals surface area contributed by atoms with Crippen LogP contribution in [0.15, 0.2) is 16.8 Å². The third kappa shape index (κ3) is 3.59. The van der Waals surface area contributed by atoms with Crippen molar-refractivity contribution in [3.8, 4) is 0 Å². The molecule has 0 saturated heterocycles. The average Bonchev–Trinajstić information content (AvgIpc) is 3.16. The summed E-state index contributed by atoms with van der Waals surface area (Å²) in [4.78, 5) is 12.0. The van der Waals surface area contributed by atoms with Gasteiger partial charge in [-0.25, -0.2) is 0 Å². The Morgan fingerprint density at radius 3 is 3.17 bits per heavy atom. The molecule has 3 rings (SSSR count). The van der Waals surface area contributed by atoms with E-state index in [2.05, 4.69) is 15.6 Å². The molecule has 1 atom stereocenters. The van der Waals surface area contributed by atoms with E-state index < -0.39 is 0 Å². The number of aromatic nitrogens is 3. The Morgan fingerprint density at radius 1 is 1.57 bits per heavy atom. The zero-order valence-electron chi connectivity index (χ0n) is 13.2. The molecule has 1 amide bonds. The fourth-order valence-electron chi connectivity index (χ4n) is 2.54. The first-order valence-electron chi connectivity index (χ1n) is 7.55. The van der Waals surface area contributed by atoms with Crippen molar-refractivity contribution in [3.63, 3.8) is 0 Å². The van der Waals surface area contributed by atoms with Crippen LogP contribution in [0.5, 0.6) is 0 Å². The van der Waals surface area contributed by atoms with Gasteiger partial charge in [0.05, 0.1) is 25.5 Å². The van der Waals surface area contributed by atoms with E-state index >= 15 is 0 Å². The first kappa shape index (κ1) is 15.7. The molecule has 0 spiro atoms. The Hall–Kier alpha value is -2.19. The van der Waals surface area contributed by atoms with Gasteiger partial charge in [-0.3, -0.25) is 9.48 Å². The van der Waals surface area contributed by atoms with Gasteiger partial charge < -0.3 is 19.3 Å². The van der Waals surface area contributed by atoms with Crippen LogP contribution in [0.25, 0.3) is 0 Å². The number of rotatable bonds is 6. The highest BCUT2D eigenvalue weighted by Crippen LogP contribution is 2.25. The molecule has 8 heteroatoms. The molecule has 0 fully saturated rings. The Kier molecular flexibility index (Phi) is 4.73. The number of aryl methyl sites for hydroxylation is 1. The summed E-state index contributed by atoms with van der Waals surface area (Å²) in [6, 6.07) is 1.60. The zero-order valence-corrected chi connectivity index (χ0v) is 13.2. The van der Waals surface area contributed by atoms with Crippen molar-refractivity contribution in [2.75, 3.05) is 26.9 Å². The minimum absolute atomic E-state index is 0.250.